The molecule has 2 N–H and O–H groups in total. The number of aromatic nitrogens is 1. The Balaban J connectivity index is 3.26. The SMILES string of the molecule is CNS(=O)(=O)c1cncc(C(=O)O)c1. The van der Waals surface area contributed by atoms with Gasteiger partial charge in [0.2, 0.25) is 10.0 Å². The molecule has 6 nitrogen and oxygen atoms in total. The zero-order chi connectivity index (χ0) is 10.8. The Morgan fingerprint density at radius 3 is 2.64 bits per heavy atom. The maximum atomic E-state index is 11.2. The van der Waals surface area contributed by atoms with Crippen molar-refractivity contribution >= 4 is 16.0 Å². The molecule has 0 spiro atoms. The van der Waals surface area contributed by atoms with Crippen LogP contribution in [0.1, 0.15) is 10.4 Å². The molecule has 0 fully saturated rings. The first-order valence-corrected chi connectivity index (χ1v) is 5.07. The number of aromatic carboxylic acids is 1. The van der Waals surface area contributed by atoms with Crippen molar-refractivity contribution in [2.45, 2.75) is 4.90 Å². The van der Waals surface area contributed by atoms with Crippen molar-refractivity contribution in [3.05, 3.63) is 24.0 Å². The number of nitrogens with zero attached hydrogens (tertiary/aromatic N) is 1. The largest absolute Gasteiger partial charge is 0.478 e. The van der Waals surface area contributed by atoms with Crippen LogP contribution in [0, 0.1) is 0 Å². The van der Waals surface area contributed by atoms with E-state index < -0.39 is 16.0 Å². The molecule has 0 saturated carbocycles. The van der Waals surface area contributed by atoms with Gasteiger partial charge in [-0.1, -0.05) is 0 Å². The number of carboxylic acid groups (broad SMARTS) is 1. The molecule has 0 radical (unpaired) electrons. The molecule has 0 aliphatic carbocycles. The van der Waals surface area contributed by atoms with Gasteiger partial charge in [0.25, 0.3) is 0 Å². The summed E-state index contributed by atoms with van der Waals surface area (Å²) < 4.78 is 24.5. The van der Waals surface area contributed by atoms with Crippen LogP contribution in [0.5, 0.6) is 0 Å². The van der Waals surface area contributed by atoms with Gasteiger partial charge in [0.05, 0.1) is 5.56 Å². The summed E-state index contributed by atoms with van der Waals surface area (Å²) in [4.78, 5) is 13.9. The van der Waals surface area contributed by atoms with Crippen LogP contribution >= 0.6 is 0 Å². The molecular formula is C7H8N2O4S. The summed E-state index contributed by atoms with van der Waals surface area (Å²) in [7, 11) is -2.39. The van der Waals surface area contributed by atoms with Gasteiger partial charge in [0.15, 0.2) is 0 Å². The Bertz CT molecular complexity index is 455. The average molecular weight is 216 g/mol. The number of pyridine rings is 1. The molecule has 0 unspecified atom stereocenters. The molecule has 0 atom stereocenters. The third-order valence-corrected chi connectivity index (χ3v) is 2.92. The molecule has 0 bridgehead atoms. The van der Waals surface area contributed by atoms with Gasteiger partial charge < -0.3 is 5.11 Å². The Labute approximate surface area is 80.6 Å². The highest BCUT2D eigenvalue weighted by molar-refractivity contribution is 7.89. The maximum Gasteiger partial charge on any atom is 0.337 e. The van der Waals surface area contributed by atoms with Gasteiger partial charge in [-0.15, -0.1) is 0 Å². The molecule has 1 aromatic rings. The number of carboxylic acids is 1. The van der Waals surface area contributed by atoms with Crippen LogP contribution < -0.4 is 4.72 Å². The van der Waals surface area contributed by atoms with E-state index in [-0.39, 0.29) is 10.5 Å². The maximum absolute atomic E-state index is 11.2. The fraction of sp³-hybridized carbons (Fsp3) is 0.143. The second kappa shape index (κ2) is 3.72. The zero-order valence-corrected chi connectivity index (χ0v) is 8.08. The van der Waals surface area contributed by atoms with Crippen LogP contribution in [-0.2, 0) is 10.0 Å². The monoisotopic (exact) mass is 216 g/mol. The van der Waals surface area contributed by atoms with Gasteiger partial charge in [0.1, 0.15) is 4.90 Å². The summed E-state index contributed by atoms with van der Waals surface area (Å²) in [5, 5.41) is 8.59. The molecule has 1 heterocycles. The lowest BCUT2D eigenvalue weighted by atomic mass is 10.3. The molecule has 14 heavy (non-hydrogen) atoms. The van der Waals surface area contributed by atoms with E-state index in [0.717, 1.165) is 18.5 Å². The summed E-state index contributed by atoms with van der Waals surface area (Å²) in [6.45, 7) is 0. The van der Waals surface area contributed by atoms with Gasteiger partial charge in [-0.05, 0) is 13.1 Å². The van der Waals surface area contributed by atoms with Crippen LogP contribution in [0.25, 0.3) is 0 Å². The standard InChI is InChI=1S/C7H8N2O4S/c1-8-14(12,13)6-2-5(7(10)11)3-9-4-6/h2-4,8H,1H3,(H,10,11). The Kier molecular flexibility index (Phi) is 2.82. The van der Waals surface area contributed by atoms with Gasteiger partial charge in [0, 0.05) is 12.4 Å². The quantitative estimate of drug-likeness (QED) is 0.722. The van der Waals surface area contributed by atoms with Crippen molar-refractivity contribution in [2.75, 3.05) is 7.05 Å². The number of sulfonamides is 1. The lowest BCUT2D eigenvalue weighted by Crippen LogP contribution is -2.19. The predicted octanol–water partition coefficient (Wildman–Crippen LogP) is -0.312. The van der Waals surface area contributed by atoms with Gasteiger partial charge >= 0.3 is 5.97 Å². The average Bonchev–Trinajstić information content (AvgIpc) is 2.18. The van der Waals surface area contributed by atoms with E-state index in [1.165, 1.54) is 7.05 Å². The van der Waals surface area contributed by atoms with Crippen molar-refractivity contribution in [3.63, 3.8) is 0 Å². The van der Waals surface area contributed by atoms with Crippen LogP contribution in [0.3, 0.4) is 0 Å². The minimum absolute atomic E-state index is 0.165. The van der Waals surface area contributed by atoms with Crippen molar-refractivity contribution in [1.82, 2.24) is 9.71 Å². The van der Waals surface area contributed by atoms with Crippen molar-refractivity contribution in [1.29, 1.82) is 0 Å². The molecule has 0 aromatic carbocycles. The van der Waals surface area contributed by atoms with Crippen molar-refractivity contribution in [2.24, 2.45) is 0 Å². The van der Waals surface area contributed by atoms with Gasteiger partial charge in [-0.3, -0.25) is 4.98 Å². The first-order chi connectivity index (χ1) is 6.47. The number of hydrogen-bond acceptors (Lipinski definition) is 4. The van der Waals surface area contributed by atoms with E-state index in [4.69, 9.17) is 5.11 Å². The van der Waals surface area contributed by atoms with Crippen LogP contribution in [0.15, 0.2) is 23.4 Å². The summed E-state index contributed by atoms with van der Waals surface area (Å²) in [5.41, 5.74) is -0.165. The van der Waals surface area contributed by atoms with E-state index in [0.29, 0.717) is 0 Å². The summed E-state index contributed by atoms with van der Waals surface area (Å²) in [5.74, 6) is -1.22. The second-order valence-corrected chi connectivity index (χ2v) is 4.31. The smallest absolute Gasteiger partial charge is 0.337 e. The highest BCUT2D eigenvalue weighted by Crippen LogP contribution is 2.08. The molecular weight excluding hydrogens is 208 g/mol. The van der Waals surface area contributed by atoms with Gasteiger partial charge in [-0.25, -0.2) is 17.9 Å². The number of nitrogens with one attached hydrogen (secondary N) is 1. The molecule has 0 aliphatic heterocycles. The Morgan fingerprint density at radius 1 is 1.50 bits per heavy atom. The minimum atomic E-state index is -3.63. The molecule has 1 rings (SSSR count). The predicted molar refractivity (Wildman–Crippen MR) is 47.4 cm³/mol. The highest BCUT2D eigenvalue weighted by Gasteiger charge is 2.14. The minimum Gasteiger partial charge on any atom is -0.478 e. The number of carbonyl (C=O) groups is 1. The van der Waals surface area contributed by atoms with Crippen LogP contribution in [0.4, 0.5) is 0 Å². The third kappa shape index (κ3) is 2.06. The van der Waals surface area contributed by atoms with E-state index in [1.54, 1.807) is 0 Å². The van der Waals surface area contributed by atoms with E-state index in [9.17, 15) is 13.2 Å². The topological polar surface area (TPSA) is 96.4 Å². The van der Waals surface area contributed by atoms with Crippen molar-refractivity contribution in [3.8, 4) is 0 Å². The molecule has 0 amide bonds. The second-order valence-electron chi connectivity index (χ2n) is 2.42. The number of hydrogen-bond donors (Lipinski definition) is 2. The van der Waals surface area contributed by atoms with Crippen LogP contribution in [0.2, 0.25) is 0 Å². The fourth-order valence-corrected chi connectivity index (χ4v) is 1.52. The first kappa shape index (κ1) is 10.6. The fourth-order valence-electron chi connectivity index (χ4n) is 0.801. The van der Waals surface area contributed by atoms with Crippen molar-refractivity contribution < 1.29 is 18.3 Å². The van der Waals surface area contributed by atoms with Crippen LogP contribution in [-0.4, -0.2) is 31.5 Å². The first-order valence-electron chi connectivity index (χ1n) is 3.59. The number of rotatable bonds is 3. The zero-order valence-electron chi connectivity index (χ0n) is 7.26. The third-order valence-electron chi connectivity index (χ3n) is 1.54. The molecule has 0 saturated heterocycles. The summed E-state index contributed by atoms with van der Waals surface area (Å²) in [6.07, 6.45) is 2.16. The molecule has 1 aromatic heterocycles. The molecule has 0 aliphatic rings. The normalized spacial score (nSPS) is 11.2. The highest BCUT2D eigenvalue weighted by atomic mass is 32.2. The molecule has 7 heteroatoms. The van der Waals surface area contributed by atoms with E-state index in [2.05, 4.69) is 9.71 Å². The van der Waals surface area contributed by atoms with E-state index >= 15 is 0 Å². The lowest BCUT2D eigenvalue weighted by molar-refractivity contribution is 0.0696. The Morgan fingerprint density at radius 2 is 2.14 bits per heavy atom. The summed E-state index contributed by atoms with van der Waals surface area (Å²) >= 11 is 0. The lowest BCUT2D eigenvalue weighted by Gasteiger charge is -2.01. The Hall–Kier alpha value is -1.47. The molecule has 76 valence electrons. The van der Waals surface area contributed by atoms with E-state index in [1.807, 2.05) is 0 Å². The van der Waals surface area contributed by atoms with Gasteiger partial charge in [-0.2, -0.15) is 0 Å². The summed E-state index contributed by atoms with van der Waals surface area (Å²) in [6, 6.07) is 1.04.